The van der Waals surface area contributed by atoms with E-state index in [9.17, 15) is 9.50 Å². The average Bonchev–Trinajstić information content (AvgIpc) is 2.36. The molecule has 0 heterocycles. The molecule has 0 aromatic heterocycles. The van der Waals surface area contributed by atoms with Gasteiger partial charge in [0, 0.05) is 0 Å². The van der Waals surface area contributed by atoms with E-state index in [0.29, 0.717) is 0 Å². The fourth-order valence-electron chi connectivity index (χ4n) is 1.91. The molecule has 2 rings (SSSR count). The highest BCUT2D eigenvalue weighted by molar-refractivity contribution is 5.68. The molecule has 0 fully saturated rings. The summed E-state index contributed by atoms with van der Waals surface area (Å²) >= 11 is 0. The Bertz CT molecular complexity index is 633. The van der Waals surface area contributed by atoms with E-state index >= 15 is 0 Å². The molecule has 0 spiro atoms. The second kappa shape index (κ2) is 4.50. The summed E-state index contributed by atoms with van der Waals surface area (Å²) in [6.45, 7) is 3.61. The van der Waals surface area contributed by atoms with Crippen molar-refractivity contribution in [2.45, 2.75) is 13.8 Å². The van der Waals surface area contributed by atoms with Gasteiger partial charge in [-0.25, -0.2) is 4.39 Å². The van der Waals surface area contributed by atoms with Gasteiger partial charge in [0.05, 0.1) is 5.56 Å². The molecule has 0 radical (unpaired) electrons. The molecule has 0 aliphatic carbocycles. The highest BCUT2D eigenvalue weighted by Gasteiger charge is 2.08. The van der Waals surface area contributed by atoms with Gasteiger partial charge in [-0.1, -0.05) is 6.07 Å². The third-order valence-corrected chi connectivity index (χ3v) is 2.91. The molecule has 0 aliphatic heterocycles. The van der Waals surface area contributed by atoms with Crippen LogP contribution in [0.25, 0.3) is 11.1 Å². The van der Waals surface area contributed by atoms with E-state index < -0.39 is 5.82 Å². The minimum absolute atomic E-state index is 0.0240. The van der Waals surface area contributed by atoms with Crippen molar-refractivity contribution in [1.29, 1.82) is 5.26 Å². The third kappa shape index (κ3) is 2.05. The lowest BCUT2D eigenvalue weighted by Gasteiger charge is -2.08. The molecule has 0 saturated heterocycles. The van der Waals surface area contributed by atoms with Crippen molar-refractivity contribution in [3.05, 3.63) is 52.8 Å². The molecule has 0 bridgehead atoms. The summed E-state index contributed by atoms with van der Waals surface area (Å²) in [5, 5.41) is 18.5. The van der Waals surface area contributed by atoms with Gasteiger partial charge in [-0.3, -0.25) is 0 Å². The number of aromatic hydroxyl groups is 1. The summed E-state index contributed by atoms with van der Waals surface area (Å²) in [5.41, 5.74) is 3.16. The lowest BCUT2D eigenvalue weighted by molar-refractivity contribution is 0.467. The maximum absolute atomic E-state index is 13.2. The maximum atomic E-state index is 13.2. The molecule has 0 unspecified atom stereocenters. The number of phenolic OH excluding ortho intramolecular Hbond substituents is 1. The molecule has 0 saturated carbocycles. The number of hydrogen-bond acceptors (Lipinski definition) is 2. The van der Waals surface area contributed by atoms with E-state index in [1.165, 1.54) is 12.1 Å². The van der Waals surface area contributed by atoms with Crippen LogP contribution in [0.3, 0.4) is 0 Å². The number of halogens is 1. The van der Waals surface area contributed by atoms with Gasteiger partial charge in [0.25, 0.3) is 0 Å². The lowest BCUT2D eigenvalue weighted by Crippen LogP contribution is -1.88. The van der Waals surface area contributed by atoms with Crippen LogP contribution in [0.5, 0.6) is 5.75 Å². The Morgan fingerprint density at radius 3 is 2.22 bits per heavy atom. The smallest absolute Gasteiger partial charge is 0.140 e. The molecule has 0 atom stereocenters. The van der Waals surface area contributed by atoms with Crippen LogP contribution in [-0.4, -0.2) is 5.11 Å². The fourth-order valence-corrected chi connectivity index (χ4v) is 1.91. The lowest BCUT2D eigenvalue weighted by atomic mass is 9.98. The van der Waals surface area contributed by atoms with Crippen LogP contribution < -0.4 is 0 Å². The van der Waals surface area contributed by atoms with Gasteiger partial charge in [-0.15, -0.1) is 0 Å². The van der Waals surface area contributed by atoms with Crippen molar-refractivity contribution in [3.8, 4) is 22.9 Å². The summed E-state index contributed by atoms with van der Waals surface area (Å²) in [4.78, 5) is 0. The molecule has 18 heavy (non-hydrogen) atoms. The zero-order chi connectivity index (χ0) is 13.3. The quantitative estimate of drug-likeness (QED) is 0.827. The number of rotatable bonds is 1. The van der Waals surface area contributed by atoms with Crippen LogP contribution >= 0.6 is 0 Å². The van der Waals surface area contributed by atoms with Crippen molar-refractivity contribution in [2.75, 3.05) is 0 Å². The van der Waals surface area contributed by atoms with Crippen molar-refractivity contribution in [1.82, 2.24) is 0 Å². The third-order valence-electron chi connectivity index (χ3n) is 2.91. The Hall–Kier alpha value is -2.34. The Balaban J connectivity index is 2.60. The van der Waals surface area contributed by atoms with Crippen LogP contribution in [0.1, 0.15) is 16.7 Å². The van der Waals surface area contributed by atoms with Crippen LogP contribution in [0.2, 0.25) is 0 Å². The van der Waals surface area contributed by atoms with Crippen LogP contribution in [-0.2, 0) is 0 Å². The largest absolute Gasteiger partial charge is 0.507 e. The predicted octanol–water partition coefficient (Wildman–Crippen LogP) is 3.69. The molecule has 0 aliphatic rings. The monoisotopic (exact) mass is 241 g/mol. The van der Waals surface area contributed by atoms with Gasteiger partial charge in [0.1, 0.15) is 17.6 Å². The highest BCUT2D eigenvalue weighted by Crippen LogP contribution is 2.29. The van der Waals surface area contributed by atoms with Crippen molar-refractivity contribution < 1.29 is 9.50 Å². The van der Waals surface area contributed by atoms with Crippen molar-refractivity contribution in [3.63, 3.8) is 0 Å². The van der Waals surface area contributed by atoms with E-state index in [-0.39, 0.29) is 11.3 Å². The zero-order valence-corrected chi connectivity index (χ0v) is 10.2. The van der Waals surface area contributed by atoms with Gasteiger partial charge in [0.15, 0.2) is 0 Å². The number of aryl methyl sites for hydroxylation is 2. The van der Waals surface area contributed by atoms with Gasteiger partial charge in [0.2, 0.25) is 0 Å². The van der Waals surface area contributed by atoms with Crippen molar-refractivity contribution in [2.24, 2.45) is 0 Å². The molecule has 2 aromatic rings. The summed E-state index contributed by atoms with van der Waals surface area (Å²) in [5.74, 6) is -0.255. The van der Waals surface area contributed by atoms with E-state index in [0.717, 1.165) is 22.3 Å². The highest BCUT2D eigenvalue weighted by atomic mass is 19.1. The SMILES string of the molecule is Cc1cc(-c2ccc(F)c(C#N)c2)cc(C)c1O. The molecule has 1 N–H and O–H groups in total. The molecular formula is C15H12FNO. The van der Waals surface area contributed by atoms with Gasteiger partial charge in [-0.05, 0) is 60.4 Å². The first-order chi connectivity index (χ1) is 8.52. The van der Waals surface area contributed by atoms with E-state index in [1.807, 2.05) is 18.2 Å². The Morgan fingerprint density at radius 1 is 1.06 bits per heavy atom. The number of hydrogen-bond donors (Lipinski definition) is 1. The zero-order valence-electron chi connectivity index (χ0n) is 10.2. The van der Waals surface area contributed by atoms with E-state index in [4.69, 9.17) is 5.26 Å². The standard InChI is InChI=1S/C15H12FNO/c1-9-5-12(6-10(2)15(9)18)11-3-4-14(16)13(7-11)8-17/h3-7,18H,1-2H3. The van der Waals surface area contributed by atoms with Crippen LogP contribution in [0, 0.1) is 31.0 Å². The second-order valence-corrected chi connectivity index (χ2v) is 4.27. The topological polar surface area (TPSA) is 44.0 Å². The Labute approximate surface area is 105 Å². The molecular weight excluding hydrogens is 229 g/mol. The molecule has 0 amide bonds. The molecule has 2 nitrogen and oxygen atoms in total. The van der Waals surface area contributed by atoms with E-state index in [2.05, 4.69) is 0 Å². The molecule has 3 heteroatoms. The minimum Gasteiger partial charge on any atom is -0.507 e. The molecule has 90 valence electrons. The maximum Gasteiger partial charge on any atom is 0.140 e. The number of benzene rings is 2. The number of nitriles is 1. The summed E-state index contributed by atoms with van der Waals surface area (Å²) < 4.78 is 13.2. The predicted molar refractivity (Wildman–Crippen MR) is 67.7 cm³/mol. The first kappa shape index (κ1) is 12.1. The summed E-state index contributed by atoms with van der Waals surface area (Å²) in [7, 11) is 0. The second-order valence-electron chi connectivity index (χ2n) is 4.27. The fraction of sp³-hybridized carbons (Fsp3) is 0.133. The van der Waals surface area contributed by atoms with Gasteiger partial charge in [-0.2, -0.15) is 5.26 Å². The average molecular weight is 241 g/mol. The van der Waals surface area contributed by atoms with Crippen molar-refractivity contribution >= 4 is 0 Å². The minimum atomic E-state index is -0.520. The number of nitrogens with zero attached hydrogens (tertiary/aromatic N) is 1. The first-order valence-electron chi connectivity index (χ1n) is 5.53. The Morgan fingerprint density at radius 2 is 1.67 bits per heavy atom. The summed E-state index contributed by atoms with van der Waals surface area (Å²) in [6, 6.07) is 9.88. The number of phenols is 1. The van der Waals surface area contributed by atoms with E-state index in [1.54, 1.807) is 19.9 Å². The van der Waals surface area contributed by atoms with Crippen LogP contribution in [0.4, 0.5) is 4.39 Å². The van der Waals surface area contributed by atoms with Crippen LogP contribution in [0.15, 0.2) is 30.3 Å². The first-order valence-corrected chi connectivity index (χ1v) is 5.53. The van der Waals surface area contributed by atoms with Gasteiger partial charge < -0.3 is 5.11 Å². The molecule has 2 aromatic carbocycles. The summed E-state index contributed by atoms with van der Waals surface area (Å²) in [6.07, 6.45) is 0. The van der Waals surface area contributed by atoms with Gasteiger partial charge >= 0.3 is 0 Å². The normalized spacial score (nSPS) is 10.1. The Kier molecular flexibility index (Phi) is 3.03.